The normalized spacial score (nSPS) is 19.7. The van der Waals surface area contributed by atoms with E-state index in [2.05, 4.69) is 37.6 Å². The lowest BCUT2D eigenvalue weighted by Gasteiger charge is -2.30. The van der Waals surface area contributed by atoms with E-state index in [9.17, 15) is 10.1 Å². The van der Waals surface area contributed by atoms with Gasteiger partial charge in [-0.05, 0) is 75.4 Å². The lowest BCUT2D eigenvalue weighted by atomic mass is 9.93. The molecule has 0 atom stereocenters. The Balaban J connectivity index is 1.91. The fraction of sp³-hybridized carbons (Fsp3) is 0.632. The van der Waals surface area contributed by atoms with Gasteiger partial charge in [0.1, 0.15) is 23.6 Å². The number of aromatic nitrogens is 1. The highest BCUT2D eigenvalue weighted by Gasteiger charge is 2.26. The fourth-order valence-electron chi connectivity index (χ4n) is 2.91. The summed E-state index contributed by atoms with van der Waals surface area (Å²) in [6.07, 6.45) is 2.89. The molecule has 0 radical (unpaired) electrons. The second kappa shape index (κ2) is 9.27. The third-order valence-corrected chi connectivity index (χ3v) is 4.71. The van der Waals surface area contributed by atoms with Gasteiger partial charge in [0.25, 0.3) is 0 Å². The number of ether oxygens (including phenoxy) is 2. The Morgan fingerprint density at radius 1 is 1.37 bits per heavy atom. The zero-order chi connectivity index (χ0) is 20.0. The topological polar surface area (TPSA) is 96.3 Å². The summed E-state index contributed by atoms with van der Waals surface area (Å²) < 4.78 is 11.7. The van der Waals surface area contributed by atoms with Crippen molar-refractivity contribution in [3.63, 3.8) is 0 Å². The SMILES string of the molecule is CCOc1nc(NC2CCC(OC(=O)NC(C)(C)C)CC2)c(Br)cc1C#N. The Hall–Kier alpha value is -2.01. The van der Waals surface area contributed by atoms with Gasteiger partial charge in [-0.3, -0.25) is 0 Å². The molecule has 0 spiro atoms. The van der Waals surface area contributed by atoms with Crippen LogP contribution in [0.2, 0.25) is 0 Å². The summed E-state index contributed by atoms with van der Waals surface area (Å²) in [5.41, 5.74) is 0.0954. The van der Waals surface area contributed by atoms with E-state index in [0.717, 1.165) is 30.2 Å². The van der Waals surface area contributed by atoms with E-state index in [1.54, 1.807) is 6.07 Å². The molecule has 7 nitrogen and oxygen atoms in total. The molecule has 0 aromatic carbocycles. The third-order valence-electron chi connectivity index (χ3n) is 4.11. The first-order chi connectivity index (χ1) is 12.7. The molecular formula is C19H27BrN4O3. The lowest BCUT2D eigenvalue weighted by molar-refractivity contribution is 0.0682. The standard InChI is InChI=1S/C19H27BrN4O3/c1-5-26-17-12(11-21)10-15(20)16(23-17)22-13-6-8-14(9-7-13)27-18(25)24-19(2,3)4/h10,13-14H,5-9H2,1-4H3,(H,22,23)(H,24,25). The van der Waals surface area contributed by atoms with Crippen LogP contribution < -0.4 is 15.4 Å². The van der Waals surface area contributed by atoms with Crippen LogP contribution in [-0.2, 0) is 4.74 Å². The Morgan fingerprint density at radius 3 is 2.59 bits per heavy atom. The molecule has 1 aromatic rings. The third kappa shape index (κ3) is 6.58. The van der Waals surface area contributed by atoms with Crippen LogP contribution in [0.5, 0.6) is 5.88 Å². The maximum atomic E-state index is 11.9. The predicted octanol–water partition coefficient (Wildman–Crippen LogP) is 4.36. The summed E-state index contributed by atoms with van der Waals surface area (Å²) in [6.45, 7) is 8.08. The molecule has 148 valence electrons. The smallest absolute Gasteiger partial charge is 0.407 e. The van der Waals surface area contributed by atoms with Crippen LogP contribution in [-0.4, -0.2) is 35.4 Å². The average molecular weight is 439 g/mol. The largest absolute Gasteiger partial charge is 0.477 e. The van der Waals surface area contributed by atoms with Crippen LogP contribution >= 0.6 is 15.9 Å². The predicted molar refractivity (Wildman–Crippen MR) is 107 cm³/mol. The zero-order valence-corrected chi connectivity index (χ0v) is 17.9. The Kier molecular flexibility index (Phi) is 7.31. The van der Waals surface area contributed by atoms with Gasteiger partial charge in [0.05, 0.1) is 11.1 Å². The fourth-order valence-corrected chi connectivity index (χ4v) is 3.34. The highest BCUT2D eigenvalue weighted by atomic mass is 79.9. The van der Waals surface area contributed by atoms with Crippen molar-refractivity contribution in [1.82, 2.24) is 10.3 Å². The van der Waals surface area contributed by atoms with Gasteiger partial charge in [-0.2, -0.15) is 10.2 Å². The molecule has 1 amide bonds. The Morgan fingerprint density at radius 2 is 2.04 bits per heavy atom. The molecule has 0 unspecified atom stereocenters. The molecule has 1 heterocycles. The first kappa shape index (κ1) is 21.3. The second-order valence-corrected chi connectivity index (χ2v) is 8.47. The number of amides is 1. The summed E-state index contributed by atoms with van der Waals surface area (Å²) in [5, 5.41) is 15.4. The van der Waals surface area contributed by atoms with Crippen molar-refractivity contribution in [3.05, 3.63) is 16.1 Å². The number of pyridine rings is 1. The van der Waals surface area contributed by atoms with E-state index in [-0.39, 0.29) is 23.8 Å². The van der Waals surface area contributed by atoms with Gasteiger partial charge in [0.15, 0.2) is 0 Å². The summed E-state index contributed by atoms with van der Waals surface area (Å²) in [5.74, 6) is 0.994. The summed E-state index contributed by atoms with van der Waals surface area (Å²) in [6, 6.07) is 4.03. The van der Waals surface area contributed by atoms with Gasteiger partial charge < -0.3 is 20.1 Å². The van der Waals surface area contributed by atoms with E-state index in [1.807, 2.05) is 27.7 Å². The molecule has 0 saturated heterocycles. The zero-order valence-electron chi connectivity index (χ0n) is 16.3. The maximum absolute atomic E-state index is 11.9. The van der Waals surface area contributed by atoms with Crippen molar-refractivity contribution >= 4 is 27.8 Å². The molecule has 0 bridgehead atoms. The van der Waals surface area contributed by atoms with Gasteiger partial charge in [0, 0.05) is 11.6 Å². The van der Waals surface area contributed by atoms with E-state index >= 15 is 0 Å². The van der Waals surface area contributed by atoms with Crippen molar-refractivity contribution in [2.24, 2.45) is 0 Å². The Labute approximate surface area is 169 Å². The number of carbonyl (C=O) groups is 1. The van der Waals surface area contributed by atoms with Gasteiger partial charge in [-0.15, -0.1) is 0 Å². The molecule has 27 heavy (non-hydrogen) atoms. The van der Waals surface area contributed by atoms with Crippen molar-refractivity contribution < 1.29 is 14.3 Å². The quantitative estimate of drug-likeness (QED) is 0.708. The molecule has 1 saturated carbocycles. The summed E-state index contributed by atoms with van der Waals surface area (Å²) in [7, 11) is 0. The molecule has 1 aliphatic rings. The molecule has 2 rings (SSSR count). The Bertz CT molecular complexity index is 704. The number of rotatable bonds is 5. The average Bonchev–Trinajstić information content (AvgIpc) is 2.57. The molecule has 8 heteroatoms. The minimum absolute atomic E-state index is 0.0678. The van der Waals surface area contributed by atoms with E-state index < -0.39 is 0 Å². The van der Waals surface area contributed by atoms with Gasteiger partial charge >= 0.3 is 6.09 Å². The number of alkyl carbamates (subject to hydrolysis) is 1. The molecule has 1 aromatic heterocycles. The van der Waals surface area contributed by atoms with Crippen molar-refractivity contribution in [3.8, 4) is 11.9 Å². The van der Waals surface area contributed by atoms with Crippen molar-refractivity contribution in [2.75, 3.05) is 11.9 Å². The van der Waals surface area contributed by atoms with Crippen LogP contribution in [0.3, 0.4) is 0 Å². The van der Waals surface area contributed by atoms with Crippen LogP contribution in [0.15, 0.2) is 10.5 Å². The summed E-state index contributed by atoms with van der Waals surface area (Å²) >= 11 is 3.46. The maximum Gasteiger partial charge on any atom is 0.407 e. The first-order valence-electron chi connectivity index (χ1n) is 9.20. The highest BCUT2D eigenvalue weighted by molar-refractivity contribution is 9.10. The molecule has 1 fully saturated rings. The van der Waals surface area contributed by atoms with E-state index in [1.165, 1.54) is 0 Å². The lowest BCUT2D eigenvalue weighted by Crippen LogP contribution is -2.43. The van der Waals surface area contributed by atoms with Crippen LogP contribution in [0, 0.1) is 11.3 Å². The summed E-state index contributed by atoms with van der Waals surface area (Å²) in [4.78, 5) is 16.3. The first-order valence-corrected chi connectivity index (χ1v) is 10.00. The monoisotopic (exact) mass is 438 g/mol. The van der Waals surface area contributed by atoms with Crippen LogP contribution in [0.25, 0.3) is 0 Å². The molecule has 1 aliphatic carbocycles. The van der Waals surface area contributed by atoms with E-state index in [4.69, 9.17) is 9.47 Å². The number of nitriles is 1. The van der Waals surface area contributed by atoms with Gasteiger partial charge in [0.2, 0.25) is 5.88 Å². The van der Waals surface area contributed by atoms with Crippen LogP contribution in [0.4, 0.5) is 10.6 Å². The number of hydrogen-bond donors (Lipinski definition) is 2. The highest BCUT2D eigenvalue weighted by Crippen LogP contribution is 2.30. The number of halogens is 1. The number of nitrogens with one attached hydrogen (secondary N) is 2. The van der Waals surface area contributed by atoms with Crippen molar-refractivity contribution in [2.45, 2.75) is 71.1 Å². The number of nitrogens with zero attached hydrogens (tertiary/aromatic N) is 2. The number of anilines is 1. The number of carbonyl (C=O) groups excluding carboxylic acids is 1. The molecular weight excluding hydrogens is 412 g/mol. The van der Waals surface area contributed by atoms with Gasteiger partial charge in [-0.1, -0.05) is 0 Å². The molecule has 2 N–H and O–H groups in total. The second-order valence-electron chi connectivity index (χ2n) is 7.61. The van der Waals surface area contributed by atoms with Crippen molar-refractivity contribution in [1.29, 1.82) is 5.26 Å². The molecule has 0 aliphatic heterocycles. The minimum atomic E-state index is -0.364. The van der Waals surface area contributed by atoms with E-state index in [0.29, 0.717) is 23.9 Å². The number of hydrogen-bond acceptors (Lipinski definition) is 6. The van der Waals surface area contributed by atoms with Gasteiger partial charge in [-0.25, -0.2) is 4.79 Å². The van der Waals surface area contributed by atoms with Crippen LogP contribution in [0.1, 0.15) is 58.9 Å². The minimum Gasteiger partial charge on any atom is -0.477 e.